The van der Waals surface area contributed by atoms with Gasteiger partial charge < -0.3 is 4.42 Å². The number of furan rings is 1. The minimum Gasteiger partial charge on any atom is -0.455 e. The second-order valence-corrected chi connectivity index (χ2v) is 20.6. The summed E-state index contributed by atoms with van der Waals surface area (Å²) < 4.78 is 6.70. The second kappa shape index (κ2) is 17.2. The summed E-state index contributed by atoms with van der Waals surface area (Å²) >= 11 is 0. The van der Waals surface area contributed by atoms with Crippen LogP contribution >= 0.6 is 0 Å². The molecular weight excluding hydrogens is 929 g/mol. The first-order valence-corrected chi connectivity index (χ1v) is 26.6. The Kier molecular flexibility index (Phi) is 9.71. The zero-order valence-electron chi connectivity index (χ0n) is 42.0. The smallest absolute Gasteiger partial charge is 0.143 e. The van der Waals surface area contributed by atoms with Crippen molar-refractivity contribution in [1.29, 1.82) is 0 Å². The van der Waals surface area contributed by atoms with Crippen LogP contribution in [0.2, 0.25) is 0 Å². The van der Waals surface area contributed by atoms with Crippen LogP contribution in [0.15, 0.2) is 283 Å². The van der Waals surface area contributed by atoms with E-state index in [0.717, 1.165) is 27.5 Å². The van der Waals surface area contributed by atoms with Crippen molar-refractivity contribution in [2.75, 3.05) is 0 Å². The summed E-state index contributed by atoms with van der Waals surface area (Å²) in [4.78, 5) is 0. The molecule has 16 rings (SSSR count). The average Bonchev–Trinajstić information content (AvgIpc) is 3.97. The highest BCUT2D eigenvalue weighted by Crippen LogP contribution is 2.49. The van der Waals surface area contributed by atoms with Gasteiger partial charge in [0.2, 0.25) is 0 Å². The lowest BCUT2D eigenvalue weighted by atomic mass is 9.84. The summed E-state index contributed by atoms with van der Waals surface area (Å²) in [5.41, 5.74) is 16.3. The molecule has 15 aromatic carbocycles. The van der Waals surface area contributed by atoms with Gasteiger partial charge in [0.1, 0.15) is 11.2 Å². The standard InChI is InChI=1S/C76H46O/c1-2-24-54-47(18-1)19-15-35-57(54)73-60-28-5-3-26-58(60)72(59-27-4-6-29-61(59)73)53-23-13-22-52(44-53)55-34-14-20-48-40-42-50(45-69(48)55)51-43-41-49-21-16-36-66(70(49)46-51)74-62-30-7-9-32-64(62)75(65-33-10-8-31-63(65)74)68-38-17-37-67-56-25-11-12-39-71(56)77-76(67)68/h1-46H. The van der Waals surface area contributed by atoms with Gasteiger partial charge in [0.05, 0.1) is 0 Å². The number of fused-ring (bicyclic) bond motifs is 10. The number of hydrogen-bond acceptors (Lipinski definition) is 1. The summed E-state index contributed by atoms with van der Waals surface area (Å²) in [6.07, 6.45) is 0. The third-order valence-electron chi connectivity index (χ3n) is 16.4. The molecular formula is C76H46O. The number of benzene rings is 15. The quantitative estimate of drug-likeness (QED) is 0.151. The molecule has 0 aliphatic heterocycles. The van der Waals surface area contributed by atoms with Crippen LogP contribution in [0.3, 0.4) is 0 Å². The lowest BCUT2D eigenvalue weighted by Crippen LogP contribution is -1.92. The van der Waals surface area contributed by atoms with Gasteiger partial charge in [-0.2, -0.15) is 0 Å². The molecule has 0 aliphatic rings. The van der Waals surface area contributed by atoms with Crippen molar-refractivity contribution < 1.29 is 4.42 Å². The minimum absolute atomic E-state index is 0.904. The van der Waals surface area contributed by atoms with Crippen LogP contribution in [0.25, 0.3) is 164 Å². The monoisotopic (exact) mass is 974 g/mol. The summed E-state index contributed by atoms with van der Waals surface area (Å²) in [5.74, 6) is 0. The Morgan fingerprint density at radius 1 is 0.182 bits per heavy atom. The summed E-state index contributed by atoms with van der Waals surface area (Å²) in [7, 11) is 0. The molecule has 0 saturated heterocycles. The fourth-order valence-corrected chi connectivity index (χ4v) is 13.0. The largest absolute Gasteiger partial charge is 0.455 e. The van der Waals surface area contributed by atoms with Gasteiger partial charge in [-0.25, -0.2) is 0 Å². The van der Waals surface area contributed by atoms with Crippen molar-refractivity contribution in [3.8, 4) is 66.8 Å². The van der Waals surface area contributed by atoms with Crippen LogP contribution in [0.5, 0.6) is 0 Å². The van der Waals surface area contributed by atoms with Gasteiger partial charge in [-0.1, -0.05) is 255 Å². The maximum atomic E-state index is 6.70. The number of para-hydroxylation sites is 2. The van der Waals surface area contributed by atoms with E-state index in [-0.39, 0.29) is 0 Å². The van der Waals surface area contributed by atoms with Gasteiger partial charge in [0.25, 0.3) is 0 Å². The van der Waals surface area contributed by atoms with E-state index in [1.807, 2.05) is 6.07 Å². The predicted molar refractivity (Wildman–Crippen MR) is 329 cm³/mol. The molecule has 77 heavy (non-hydrogen) atoms. The first-order valence-electron chi connectivity index (χ1n) is 26.6. The van der Waals surface area contributed by atoms with E-state index in [2.05, 4.69) is 273 Å². The van der Waals surface area contributed by atoms with E-state index in [9.17, 15) is 0 Å². The Labute approximate surface area is 445 Å². The number of hydrogen-bond donors (Lipinski definition) is 0. The fourth-order valence-electron chi connectivity index (χ4n) is 13.0. The van der Waals surface area contributed by atoms with Gasteiger partial charge in [-0.05, 0) is 155 Å². The van der Waals surface area contributed by atoms with Crippen molar-refractivity contribution >= 4 is 97.3 Å². The first kappa shape index (κ1) is 43.3. The molecule has 0 saturated carbocycles. The van der Waals surface area contributed by atoms with Crippen LogP contribution in [0.4, 0.5) is 0 Å². The lowest BCUT2D eigenvalue weighted by molar-refractivity contribution is 0.670. The molecule has 0 bridgehead atoms. The molecule has 16 aromatic rings. The van der Waals surface area contributed by atoms with Crippen LogP contribution in [0, 0.1) is 0 Å². The zero-order chi connectivity index (χ0) is 50.6. The molecule has 0 unspecified atom stereocenters. The Bertz CT molecular complexity index is 4990. The Balaban J connectivity index is 0.843. The van der Waals surface area contributed by atoms with Crippen molar-refractivity contribution in [2.24, 2.45) is 0 Å². The lowest BCUT2D eigenvalue weighted by Gasteiger charge is -2.19. The molecule has 0 spiro atoms. The molecule has 0 fully saturated rings. The molecule has 0 aliphatic carbocycles. The molecule has 0 amide bonds. The minimum atomic E-state index is 0.904. The molecule has 1 aromatic heterocycles. The Hall–Kier alpha value is -10.1. The third-order valence-corrected chi connectivity index (χ3v) is 16.4. The Morgan fingerprint density at radius 3 is 1.12 bits per heavy atom. The van der Waals surface area contributed by atoms with Crippen LogP contribution < -0.4 is 0 Å². The van der Waals surface area contributed by atoms with Crippen LogP contribution in [-0.4, -0.2) is 0 Å². The molecule has 1 nitrogen and oxygen atoms in total. The summed E-state index contributed by atoms with van der Waals surface area (Å²) in [6.45, 7) is 0. The van der Waals surface area contributed by atoms with Gasteiger partial charge in [0, 0.05) is 21.9 Å². The van der Waals surface area contributed by atoms with Crippen molar-refractivity contribution in [2.45, 2.75) is 0 Å². The van der Waals surface area contributed by atoms with Crippen molar-refractivity contribution in [1.82, 2.24) is 0 Å². The summed E-state index contributed by atoms with van der Waals surface area (Å²) in [5, 5.41) is 19.5. The third kappa shape index (κ3) is 6.74. The van der Waals surface area contributed by atoms with Gasteiger partial charge in [-0.3, -0.25) is 0 Å². The van der Waals surface area contributed by atoms with E-state index in [1.54, 1.807) is 0 Å². The normalized spacial score (nSPS) is 11.9. The Morgan fingerprint density at radius 2 is 0.545 bits per heavy atom. The van der Waals surface area contributed by atoms with Gasteiger partial charge in [0.15, 0.2) is 0 Å². The van der Waals surface area contributed by atoms with E-state index in [1.165, 1.54) is 137 Å². The van der Waals surface area contributed by atoms with Crippen LogP contribution in [-0.2, 0) is 0 Å². The van der Waals surface area contributed by atoms with Gasteiger partial charge in [-0.15, -0.1) is 0 Å². The highest BCUT2D eigenvalue weighted by molar-refractivity contribution is 6.27. The molecule has 356 valence electrons. The summed E-state index contributed by atoms with van der Waals surface area (Å²) in [6, 6.07) is 103. The van der Waals surface area contributed by atoms with E-state index in [0.29, 0.717) is 0 Å². The zero-order valence-corrected chi connectivity index (χ0v) is 42.0. The number of rotatable bonds is 6. The maximum absolute atomic E-state index is 6.70. The van der Waals surface area contributed by atoms with Crippen molar-refractivity contribution in [3.05, 3.63) is 279 Å². The SMILES string of the molecule is c1cc(-c2cccc3ccc(-c4ccc5cccc(-c6c7ccccc7c(-c7cccc8c7oc7ccccc78)c7ccccc67)c5c4)cc23)cc(-c2c3ccccc3c(-c3cccc4ccccc34)c3ccccc23)c1. The van der Waals surface area contributed by atoms with Crippen molar-refractivity contribution in [3.63, 3.8) is 0 Å². The molecule has 1 heteroatoms. The second-order valence-electron chi connectivity index (χ2n) is 20.6. The molecule has 1 heterocycles. The fraction of sp³-hybridized carbons (Fsp3) is 0. The maximum Gasteiger partial charge on any atom is 0.143 e. The van der Waals surface area contributed by atoms with E-state index >= 15 is 0 Å². The predicted octanol–water partition coefficient (Wildman–Crippen LogP) is 21.7. The highest BCUT2D eigenvalue weighted by Gasteiger charge is 2.23. The van der Waals surface area contributed by atoms with E-state index < -0.39 is 0 Å². The van der Waals surface area contributed by atoms with Gasteiger partial charge >= 0.3 is 0 Å². The molecule has 0 N–H and O–H groups in total. The van der Waals surface area contributed by atoms with E-state index in [4.69, 9.17) is 4.42 Å². The first-order chi connectivity index (χ1) is 38.2. The topological polar surface area (TPSA) is 13.1 Å². The molecule has 0 radical (unpaired) electrons. The van der Waals surface area contributed by atoms with Crippen LogP contribution in [0.1, 0.15) is 0 Å². The average molecular weight is 975 g/mol. The molecule has 0 atom stereocenters. The highest BCUT2D eigenvalue weighted by atomic mass is 16.3.